The molecule has 4 nitrogen and oxygen atoms in total. The Labute approximate surface area is 107 Å². The summed E-state index contributed by atoms with van der Waals surface area (Å²) in [6.07, 6.45) is 0. The van der Waals surface area contributed by atoms with Crippen LogP contribution in [-0.4, -0.2) is 34.5 Å². The van der Waals surface area contributed by atoms with E-state index in [-0.39, 0.29) is 28.8 Å². The highest BCUT2D eigenvalue weighted by Crippen LogP contribution is 2.23. The number of hydrogen-bond donors (Lipinski definition) is 2. The van der Waals surface area contributed by atoms with Gasteiger partial charge in [-0.2, -0.15) is 0 Å². The molecule has 0 aliphatic carbocycles. The molecule has 0 saturated carbocycles. The Kier molecular flexibility index (Phi) is 4.26. The normalized spacial score (nSPS) is 9.88. The zero-order chi connectivity index (χ0) is 12.3. The van der Waals surface area contributed by atoms with Crippen molar-refractivity contribution in [3.8, 4) is 5.75 Å². The molecule has 0 saturated heterocycles. The SMILES string of the molecule is CN(CC(N)=S)C(=O)c1ccc(Br)cc1O. The van der Waals surface area contributed by atoms with Gasteiger partial charge in [0.1, 0.15) is 5.75 Å². The Balaban J connectivity index is 2.92. The van der Waals surface area contributed by atoms with Crippen LogP contribution in [0.1, 0.15) is 10.4 Å². The van der Waals surface area contributed by atoms with Crippen molar-refractivity contribution < 1.29 is 9.90 Å². The van der Waals surface area contributed by atoms with E-state index < -0.39 is 0 Å². The van der Waals surface area contributed by atoms with E-state index in [1.165, 1.54) is 17.0 Å². The number of benzene rings is 1. The molecule has 0 unspecified atom stereocenters. The maximum absolute atomic E-state index is 11.8. The minimum absolute atomic E-state index is 0.0748. The van der Waals surface area contributed by atoms with E-state index in [1.54, 1.807) is 13.1 Å². The second-order valence-electron chi connectivity index (χ2n) is 3.29. The molecule has 1 rings (SSSR count). The van der Waals surface area contributed by atoms with Crippen LogP contribution in [-0.2, 0) is 0 Å². The molecule has 0 aromatic heterocycles. The molecule has 0 aliphatic rings. The number of thiocarbonyl (C=S) groups is 1. The summed E-state index contributed by atoms with van der Waals surface area (Å²) in [4.78, 5) is 13.4. The molecule has 16 heavy (non-hydrogen) atoms. The molecule has 6 heteroatoms. The van der Waals surface area contributed by atoms with Crippen molar-refractivity contribution >= 4 is 39.0 Å². The first-order valence-electron chi connectivity index (χ1n) is 4.44. The number of carbonyl (C=O) groups excluding carboxylic acids is 1. The topological polar surface area (TPSA) is 66.6 Å². The van der Waals surface area contributed by atoms with Crippen molar-refractivity contribution in [1.29, 1.82) is 0 Å². The molecule has 0 fully saturated rings. The summed E-state index contributed by atoms with van der Waals surface area (Å²) in [6, 6.07) is 4.68. The van der Waals surface area contributed by atoms with Crippen LogP contribution in [0.5, 0.6) is 5.75 Å². The molecular formula is C10H11BrN2O2S. The number of aromatic hydroxyl groups is 1. The Morgan fingerprint density at radius 1 is 1.62 bits per heavy atom. The number of amides is 1. The van der Waals surface area contributed by atoms with Gasteiger partial charge in [0.15, 0.2) is 0 Å². The number of phenolic OH excluding ortho intramolecular Hbond substituents is 1. The summed E-state index contributed by atoms with van der Waals surface area (Å²) in [5.74, 6) is -0.396. The van der Waals surface area contributed by atoms with Gasteiger partial charge in [-0.3, -0.25) is 4.79 Å². The molecule has 0 atom stereocenters. The van der Waals surface area contributed by atoms with Gasteiger partial charge in [-0.05, 0) is 18.2 Å². The van der Waals surface area contributed by atoms with Crippen LogP contribution in [0.25, 0.3) is 0 Å². The fourth-order valence-corrected chi connectivity index (χ4v) is 1.74. The molecule has 0 bridgehead atoms. The number of rotatable bonds is 3. The van der Waals surface area contributed by atoms with Crippen molar-refractivity contribution in [2.24, 2.45) is 5.73 Å². The number of likely N-dealkylation sites (N-methyl/N-ethyl adjacent to an activating group) is 1. The quantitative estimate of drug-likeness (QED) is 0.831. The molecule has 1 aromatic rings. The summed E-state index contributed by atoms with van der Waals surface area (Å²) >= 11 is 7.91. The summed E-state index contributed by atoms with van der Waals surface area (Å²) in [7, 11) is 1.57. The molecule has 86 valence electrons. The fourth-order valence-electron chi connectivity index (χ4n) is 1.20. The second kappa shape index (κ2) is 5.27. The molecule has 0 aliphatic heterocycles. The number of carbonyl (C=O) groups is 1. The zero-order valence-electron chi connectivity index (χ0n) is 8.61. The Morgan fingerprint density at radius 3 is 2.75 bits per heavy atom. The molecule has 0 radical (unpaired) electrons. The number of nitrogens with zero attached hydrogens (tertiary/aromatic N) is 1. The predicted molar refractivity (Wildman–Crippen MR) is 69.6 cm³/mol. The Hall–Kier alpha value is -1.14. The van der Waals surface area contributed by atoms with E-state index in [9.17, 15) is 9.90 Å². The molecule has 0 heterocycles. The summed E-state index contributed by atoms with van der Waals surface area (Å²) < 4.78 is 0.707. The van der Waals surface area contributed by atoms with Crippen LogP contribution in [0.4, 0.5) is 0 Å². The smallest absolute Gasteiger partial charge is 0.257 e. The van der Waals surface area contributed by atoms with Gasteiger partial charge < -0.3 is 15.7 Å². The number of halogens is 1. The van der Waals surface area contributed by atoms with Crippen LogP contribution >= 0.6 is 28.1 Å². The lowest BCUT2D eigenvalue weighted by molar-refractivity contribution is 0.0812. The molecular weight excluding hydrogens is 292 g/mol. The van der Waals surface area contributed by atoms with Gasteiger partial charge in [0.2, 0.25) is 0 Å². The van der Waals surface area contributed by atoms with Crippen LogP contribution in [0.15, 0.2) is 22.7 Å². The van der Waals surface area contributed by atoms with E-state index in [0.29, 0.717) is 4.47 Å². The first-order chi connectivity index (χ1) is 7.41. The average Bonchev–Trinajstić information content (AvgIpc) is 2.15. The largest absolute Gasteiger partial charge is 0.507 e. The lowest BCUT2D eigenvalue weighted by atomic mass is 10.2. The maximum Gasteiger partial charge on any atom is 0.257 e. The van der Waals surface area contributed by atoms with Crippen molar-refractivity contribution in [2.45, 2.75) is 0 Å². The van der Waals surface area contributed by atoms with Crippen molar-refractivity contribution in [3.05, 3.63) is 28.2 Å². The van der Waals surface area contributed by atoms with Gasteiger partial charge >= 0.3 is 0 Å². The van der Waals surface area contributed by atoms with Gasteiger partial charge in [-0.15, -0.1) is 0 Å². The van der Waals surface area contributed by atoms with Crippen molar-refractivity contribution in [3.63, 3.8) is 0 Å². The third-order valence-corrected chi connectivity index (χ3v) is 2.55. The number of nitrogens with two attached hydrogens (primary N) is 1. The third kappa shape index (κ3) is 3.18. The van der Waals surface area contributed by atoms with Crippen LogP contribution in [0, 0.1) is 0 Å². The lowest BCUT2D eigenvalue weighted by Gasteiger charge is -2.16. The minimum Gasteiger partial charge on any atom is -0.507 e. The van der Waals surface area contributed by atoms with Gasteiger partial charge in [0.25, 0.3) is 5.91 Å². The summed E-state index contributed by atoms with van der Waals surface area (Å²) in [5, 5.41) is 9.60. The van der Waals surface area contributed by atoms with Crippen LogP contribution < -0.4 is 5.73 Å². The van der Waals surface area contributed by atoms with Gasteiger partial charge in [0.05, 0.1) is 17.1 Å². The summed E-state index contributed by atoms with van der Waals surface area (Å²) in [6.45, 7) is 0.184. The first kappa shape index (κ1) is 12.9. The van der Waals surface area contributed by atoms with Crippen molar-refractivity contribution in [2.75, 3.05) is 13.6 Å². The van der Waals surface area contributed by atoms with E-state index in [0.717, 1.165) is 0 Å². The minimum atomic E-state index is -0.321. The highest BCUT2D eigenvalue weighted by atomic mass is 79.9. The zero-order valence-corrected chi connectivity index (χ0v) is 11.0. The van der Waals surface area contributed by atoms with Crippen molar-refractivity contribution in [1.82, 2.24) is 4.90 Å². The Bertz CT molecular complexity index is 437. The number of phenols is 1. The summed E-state index contributed by atoms with van der Waals surface area (Å²) in [5.41, 5.74) is 5.56. The van der Waals surface area contributed by atoms with Gasteiger partial charge in [0, 0.05) is 11.5 Å². The highest BCUT2D eigenvalue weighted by Gasteiger charge is 2.16. The lowest BCUT2D eigenvalue weighted by Crippen LogP contribution is -2.34. The highest BCUT2D eigenvalue weighted by molar-refractivity contribution is 9.10. The predicted octanol–water partition coefficient (Wildman–Crippen LogP) is 1.51. The molecule has 1 amide bonds. The van der Waals surface area contributed by atoms with Gasteiger partial charge in [-0.25, -0.2) is 0 Å². The molecule has 0 spiro atoms. The third-order valence-electron chi connectivity index (χ3n) is 1.93. The Morgan fingerprint density at radius 2 is 2.25 bits per heavy atom. The van der Waals surface area contributed by atoms with Crippen LogP contribution in [0.3, 0.4) is 0 Å². The molecule has 3 N–H and O–H groups in total. The number of hydrogen-bond acceptors (Lipinski definition) is 3. The van der Waals surface area contributed by atoms with E-state index >= 15 is 0 Å². The second-order valence-corrected chi connectivity index (χ2v) is 4.73. The molecule has 1 aromatic carbocycles. The van der Waals surface area contributed by atoms with E-state index in [2.05, 4.69) is 15.9 Å². The first-order valence-corrected chi connectivity index (χ1v) is 5.64. The van der Waals surface area contributed by atoms with E-state index in [4.69, 9.17) is 18.0 Å². The van der Waals surface area contributed by atoms with Crippen LogP contribution in [0.2, 0.25) is 0 Å². The van der Waals surface area contributed by atoms with E-state index in [1.807, 2.05) is 0 Å². The standard InChI is InChI=1S/C10H11BrN2O2S/c1-13(5-9(12)16)10(15)7-3-2-6(11)4-8(7)14/h2-4,14H,5H2,1H3,(H2,12,16). The fraction of sp³-hybridized carbons (Fsp3) is 0.200. The average molecular weight is 303 g/mol. The monoisotopic (exact) mass is 302 g/mol. The maximum atomic E-state index is 11.8. The van der Waals surface area contributed by atoms with Gasteiger partial charge in [-0.1, -0.05) is 28.1 Å².